The summed E-state index contributed by atoms with van der Waals surface area (Å²) in [5.41, 5.74) is 4.73. The lowest BCUT2D eigenvalue weighted by atomic mass is 9.91. The van der Waals surface area contributed by atoms with E-state index in [4.69, 9.17) is 16.3 Å². The molecule has 0 aromatic heterocycles. The molecule has 0 amide bonds. The predicted octanol–water partition coefficient (Wildman–Crippen LogP) is 5.95. The van der Waals surface area contributed by atoms with Gasteiger partial charge in [-0.15, -0.1) is 12.4 Å². The first-order chi connectivity index (χ1) is 10.4. The highest BCUT2D eigenvalue weighted by molar-refractivity contribution is 6.30. The normalized spacial score (nSPS) is 14.9. The molecule has 1 aliphatic heterocycles. The maximum atomic E-state index is 5.90. The zero-order chi connectivity index (χ0) is 15.7. The van der Waals surface area contributed by atoms with E-state index in [1.807, 2.05) is 30.3 Å². The third-order valence-electron chi connectivity index (χ3n) is 3.77. The zero-order valence-corrected chi connectivity index (χ0v) is 15.1. The highest BCUT2D eigenvalue weighted by Gasteiger charge is 2.22. The number of halogens is 2. The van der Waals surface area contributed by atoms with Crippen LogP contribution in [0.15, 0.2) is 48.5 Å². The molecular weight excluding hydrogens is 329 g/mol. The van der Waals surface area contributed by atoms with Gasteiger partial charge in [0.05, 0.1) is 5.54 Å². The highest BCUT2D eigenvalue weighted by Crippen LogP contribution is 2.35. The fourth-order valence-electron chi connectivity index (χ4n) is 2.80. The van der Waals surface area contributed by atoms with E-state index in [1.54, 1.807) is 0 Å². The molecule has 0 spiro atoms. The molecule has 0 saturated heterocycles. The molecule has 0 fully saturated rings. The fourth-order valence-corrected chi connectivity index (χ4v) is 2.92. The van der Waals surface area contributed by atoms with Gasteiger partial charge >= 0.3 is 0 Å². The van der Waals surface area contributed by atoms with Crippen LogP contribution in [-0.4, -0.2) is 5.54 Å². The van der Waals surface area contributed by atoms with Crippen LogP contribution in [0.25, 0.3) is 5.57 Å². The van der Waals surface area contributed by atoms with E-state index in [0.29, 0.717) is 6.61 Å². The highest BCUT2D eigenvalue weighted by atomic mass is 35.5. The van der Waals surface area contributed by atoms with Crippen molar-refractivity contribution in [1.82, 2.24) is 0 Å². The Labute approximate surface area is 148 Å². The summed E-state index contributed by atoms with van der Waals surface area (Å²) >= 11 is 5.89. The van der Waals surface area contributed by atoms with Crippen molar-refractivity contribution in [2.75, 3.05) is 5.32 Å². The molecule has 1 N–H and O–H groups in total. The summed E-state index contributed by atoms with van der Waals surface area (Å²) in [5.74, 6) is 0.878. The van der Waals surface area contributed by atoms with Gasteiger partial charge in [0.1, 0.15) is 12.4 Å². The number of fused-ring (bicyclic) bond motifs is 1. The smallest absolute Gasteiger partial charge is 0.120 e. The van der Waals surface area contributed by atoms with Gasteiger partial charge < -0.3 is 10.1 Å². The minimum Gasteiger partial charge on any atom is -0.489 e. The topological polar surface area (TPSA) is 21.3 Å². The van der Waals surface area contributed by atoms with E-state index in [1.165, 1.54) is 11.1 Å². The maximum Gasteiger partial charge on any atom is 0.120 e. The maximum absolute atomic E-state index is 5.90. The van der Waals surface area contributed by atoms with E-state index in [0.717, 1.165) is 22.0 Å². The Hall–Kier alpha value is -1.64. The van der Waals surface area contributed by atoms with Crippen LogP contribution in [0.3, 0.4) is 0 Å². The Balaban J connectivity index is 0.00000192. The third-order valence-corrected chi connectivity index (χ3v) is 4.02. The first-order valence-electron chi connectivity index (χ1n) is 7.42. The molecule has 122 valence electrons. The summed E-state index contributed by atoms with van der Waals surface area (Å²) in [6.07, 6.45) is 2.25. The lowest BCUT2D eigenvalue weighted by Crippen LogP contribution is -2.31. The van der Waals surface area contributed by atoms with Crippen LogP contribution in [0.5, 0.6) is 5.75 Å². The van der Waals surface area contributed by atoms with Crippen LogP contribution in [0, 0.1) is 0 Å². The summed E-state index contributed by atoms with van der Waals surface area (Å²) in [6, 6.07) is 13.9. The van der Waals surface area contributed by atoms with E-state index in [9.17, 15) is 0 Å². The first kappa shape index (κ1) is 17.7. The van der Waals surface area contributed by atoms with Crippen LogP contribution in [0.1, 0.15) is 31.9 Å². The van der Waals surface area contributed by atoms with Crippen LogP contribution in [0.2, 0.25) is 5.02 Å². The van der Waals surface area contributed by atoms with Gasteiger partial charge in [0.25, 0.3) is 0 Å². The minimum absolute atomic E-state index is 0. The predicted molar refractivity (Wildman–Crippen MR) is 101 cm³/mol. The van der Waals surface area contributed by atoms with Gasteiger partial charge in [0.2, 0.25) is 0 Å². The van der Waals surface area contributed by atoms with Crippen molar-refractivity contribution in [3.05, 3.63) is 64.7 Å². The number of anilines is 1. The molecule has 1 heterocycles. The van der Waals surface area contributed by atoms with Gasteiger partial charge in [-0.25, -0.2) is 0 Å². The number of ether oxygens (including phenoxy) is 1. The Bertz CT molecular complexity index is 721. The van der Waals surface area contributed by atoms with Gasteiger partial charge in [0.15, 0.2) is 0 Å². The van der Waals surface area contributed by atoms with Crippen molar-refractivity contribution in [1.29, 1.82) is 0 Å². The quantitative estimate of drug-likeness (QED) is 0.739. The molecule has 2 nitrogen and oxygen atoms in total. The number of hydrogen-bond donors (Lipinski definition) is 1. The average molecular weight is 350 g/mol. The van der Waals surface area contributed by atoms with Crippen LogP contribution in [0.4, 0.5) is 5.69 Å². The molecule has 2 aromatic rings. The number of allylic oxidation sites excluding steroid dienone is 1. The Kier molecular flexibility index (Phi) is 5.28. The van der Waals surface area contributed by atoms with Crippen LogP contribution in [-0.2, 0) is 6.61 Å². The molecule has 0 aliphatic carbocycles. The van der Waals surface area contributed by atoms with E-state index in [-0.39, 0.29) is 17.9 Å². The zero-order valence-electron chi connectivity index (χ0n) is 13.5. The fraction of sp³-hybridized carbons (Fsp3) is 0.263. The number of benzene rings is 2. The summed E-state index contributed by atoms with van der Waals surface area (Å²) in [7, 11) is 0. The minimum atomic E-state index is -0.0111. The molecule has 2 aromatic carbocycles. The second-order valence-electron chi connectivity index (χ2n) is 6.30. The molecular formula is C19H21Cl2NO. The van der Waals surface area contributed by atoms with Crippen molar-refractivity contribution < 1.29 is 4.74 Å². The molecule has 0 atom stereocenters. The van der Waals surface area contributed by atoms with Crippen molar-refractivity contribution in [2.45, 2.75) is 32.9 Å². The van der Waals surface area contributed by atoms with Gasteiger partial charge in [-0.2, -0.15) is 0 Å². The third kappa shape index (κ3) is 4.21. The van der Waals surface area contributed by atoms with Gasteiger partial charge in [-0.05, 0) is 62.2 Å². The van der Waals surface area contributed by atoms with E-state index < -0.39 is 0 Å². The van der Waals surface area contributed by atoms with Gasteiger partial charge in [-0.3, -0.25) is 0 Å². The van der Waals surface area contributed by atoms with Gasteiger partial charge in [0, 0.05) is 16.3 Å². The van der Waals surface area contributed by atoms with Crippen molar-refractivity contribution >= 4 is 35.3 Å². The lowest BCUT2D eigenvalue weighted by Gasteiger charge is -2.31. The monoisotopic (exact) mass is 349 g/mol. The Morgan fingerprint density at radius 1 is 1.09 bits per heavy atom. The number of rotatable bonds is 3. The lowest BCUT2D eigenvalue weighted by molar-refractivity contribution is 0.306. The average Bonchev–Trinajstić information content (AvgIpc) is 2.46. The summed E-state index contributed by atoms with van der Waals surface area (Å²) in [4.78, 5) is 0. The number of hydrogen-bond acceptors (Lipinski definition) is 2. The van der Waals surface area contributed by atoms with Crippen molar-refractivity contribution in [3.8, 4) is 5.75 Å². The second-order valence-corrected chi connectivity index (χ2v) is 6.73. The van der Waals surface area contributed by atoms with E-state index in [2.05, 4.69) is 44.3 Å². The molecule has 3 rings (SSSR count). The number of nitrogens with one attached hydrogen (secondary N) is 1. The molecule has 0 saturated carbocycles. The molecule has 23 heavy (non-hydrogen) atoms. The summed E-state index contributed by atoms with van der Waals surface area (Å²) in [5, 5.41) is 4.27. The Morgan fingerprint density at radius 3 is 2.48 bits per heavy atom. The van der Waals surface area contributed by atoms with Gasteiger partial charge in [-0.1, -0.05) is 29.8 Å². The standard InChI is InChI=1S/C19H20ClNO.ClH/c1-13-11-19(2,3)21-18-9-8-16(10-17(13)18)22-12-14-4-6-15(20)7-5-14;/h4-11,21H,12H2,1-3H3;1H. The first-order valence-corrected chi connectivity index (χ1v) is 7.80. The van der Waals surface area contributed by atoms with Crippen LogP contribution < -0.4 is 10.1 Å². The molecule has 0 bridgehead atoms. The SMILES string of the molecule is CC1=CC(C)(C)Nc2ccc(OCc3ccc(Cl)cc3)cc21.Cl. The molecule has 0 radical (unpaired) electrons. The largest absolute Gasteiger partial charge is 0.489 e. The molecule has 1 aliphatic rings. The summed E-state index contributed by atoms with van der Waals surface area (Å²) in [6.45, 7) is 7.02. The van der Waals surface area contributed by atoms with Crippen LogP contribution >= 0.6 is 24.0 Å². The second kappa shape index (κ2) is 6.86. The van der Waals surface area contributed by atoms with Crippen molar-refractivity contribution in [3.63, 3.8) is 0 Å². The van der Waals surface area contributed by atoms with Crippen molar-refractivity contribution in [2.24, 2.45) is 0 Å². The molecule has 0 unspecified atom stereocenters. The summed E-state index contributed by atoms with van der Waals surface area (Å²) < 4.78 is 5.90. The van der Waals surface area contributed by atoms with E-state index >= 15 is 0 Å². The molecule has 4 heteroatoms. The Morgan fingerprint density at radius 2 is 1.78 bits per heavy atom.